The van der Waals surface area contributed by atoms with Gasteiger partial charge in [-0.25, -0.2) is 0 Å². The summed E-state index contributed by atoms with van der Waals surface area (Å²) in [4.78, 5) is 12.7. The van der Waals surface area contributed by atoms with Crippen LogP contribution in [0.3, 0.4) is 0 Å². The second-order valence-electron chi connectivity index (χ2n) is 8.89. The highest BCUT2D eigenvalue weighted by Crippen LogP contribution is 2.37. The Morgan fingerprint density at radius 3 is 2.46 bits per heavy atom. The van der Waals surface area contributed by atoms with Gasteiger partial charge in [-0.3, -0.25) is 10.1 Å². The number of ether oxygens (including phenoxy) is 1. The van der Waals surface area contributed by atoms with Crippen molar-refractivity contribution in [3.8, 4) is 5.75 Å². The van der Waals surface area contributed by atoms with Gasteiger partial charge in [-0.2, -0.15) is 0 Å². The lowest BCUT2D eigenvalue weighted by atomic mass is 9.71. The van der Waals surface area contributed by atoms with Crippen molar-refractivity contribution in [1.29, 1.82) is 0 Å². The zero-order valence-corrected chi connectivity index (χ0v) is 18.7. The first-order valence-corrected chi connectivity index (χ1v) is 11.1. The molecule has 1 saturated carbocycles. The summed E-state index contributed by atoms with van der Waals surface area (Å²) < 4.78 is 5.81. The molecule has 0 saturated heterocycles. The van der Waals surface area contributed by atoms with Gasteiger partial charge in [-0.05, 0) is 67.8 Å². The molecule has 1 aliphatic rings. The van der Waals surface area contributed by atoms with Gasteiger partial charge >= 0.3 is 0 Å². The number of benzene rings is 1. The fourth-order valence-corrected chi connectivity index (χ4v) is 4.07. The van der Waals surface area contributed by atoms with Crippen LogP contribution in [0.2, 0.25) is 0 Å². The van der Waals surface area contributed by atoms with Crippen LogP contribution in [0.25, 0.3) is 0 Å². The summed E-state index contributed by atoms with van der Waals surface area (Å²) in [5.41, 5.74) is 0.889. The molecule has 2 N–H and O–H groups in total. The normalized spacial score (nSPS) is 19.7. The number of thiocarbonyl (C=S) groups is 1. The van der Waals surface area contributed by atoms with Gasteiger partial charge in [0.25, 0.3) is 5.91 Å². The van der Waals surface area contributed by atoms with Crippen LogP contribution in [0.15, 0.2) is 24.3 Å². The summed E-state index contributed by atoms with van der Waals surface area (Å²) >= 11 is 5.40. The van der Waals surface area contributed by atoms with Crippen molar-refractivity contribution in [3.63, 3.8) is 0 Å². The predicted octanol–water partition coefficient (Wildman–Crippen LogP) is 5.46. The highest BCUT2D eigenvalue weighted by atomic mass is 32.1. The number of hydrogen-bond acceptors (Lipinski definition) is 3. The number of carbonyl (C=O) groups excluding carboxylic acids is 1. The number of unbranched alkanes of at least 4 members (excludes halogenated alkanes) is 2. The smallest absolute Gasteiger partial charge is 0.261 e. The molecule has 5 heteroatoms. The van der Waals surface area contributed by atoms with Crippen LogP contribution < -0.4 is 15.4 Å². The van der Waals surface area contributed by atoms with Crippen LogP contribution in [0.5, 0.6) is 5.75 Å². The molecule has 0 bridgehead atoms. The maximum Gasteiger partial charge on any atom is 0.261 e. The number of para-hydroxylation sites is 1. The molecule has 0 radical (unpaired) electrons. The Hall–Kier alpha value is -1.62. The molecule has 28 heavy (non-hydrogen) atoms. The number of amides is 1. The zero-order chi connectivity index (χ0) is 20.6. The van der Waals surface area contributed by atoms with Crippen LogP contribution in [-0.2, 0) is 0 Å². The minimum absolute atomic E-state index is 0.216. The van der Waals surface area contributed by atoms with E-state index in [0.717, 1.165) is 38.0 Å². The molecule has 0 spiro atoms. The largest absolute Gasteiger partial charge is 0.493 e. The first-order valence-electron chi connectivity index (χ1n) is 10.6. The molecule has 2 rings (SSSR count). The van der Waals surface area contributed by atoms with Crippen LogP contribution in [0.1, 0.15) is 83.0 Å². The Labute approximate surface area is 175 Å². The lowest BCUT2D eigenvalue weighted by Gasteiger charge is -2.37. The summed E-state index contributed by atoms with van der Waals surface area (Å²) in [6, 6.07) is 7.69. The van der Waals surface area contributed by atoms with Gasteiger partial charge in [0, 0.05) is 6.04 Å². The van der Waals surface area contributed by atoms with E-state index in [-0.39, 0.29) is 5.91 Å². The fraction of sp³-hybridized carbons (Fsp3) is 0.652. The summed E-state index contributed by atoms with van der Waals surface area (Å²) in [6.45, 7) is 9.73. The number of hydrogen-bond donors (Lipinski definition) is 2. The van der Waals surface area contributed by atoms with Gasteiger partial charge in [0.1, 0.15) is 5.75 Å². The van der Waals surface area contributed by atoms with E-state index in [4.69, 9.17) is 17.0 Å². The highest BCUT2D eigenvalue weighted by molar-refractivity contribution is 7.80. The van der Waals surface area contributed by atoms with Gasteiger partial charge in [0.05, 0.1) is 12.2 Å². The summed E-state index contributed by atoms with van der Waals surface area (Å²) in [5, 5.41) is 6.57. The molecule has 0 heterocycles. The Morgan fingerprint density at radius 2 is 1.82 bits per heavy atom. The van der Waals surface area contributed by atoms with Crippen molar-refractivity contribution in [3.05, 3.63) is 29.8 Å². The Balaban J connectivity index is 1.84. The van der Waals surface area contributed by atoms with Crippen LogP contribution in [0.4, 0.5) is 0 Å². The fourth-order valence-electron chi connectivity index (χ4n) is 3.81. The van der Waals surface area contributed by atoms with Crippen molar-refractivity contribution >= 4 is 23.2 Å². The molecule has 1 aliphatic carbocycles. The van der Waals surface area contributed by atoms with E-state index in [1.165, 1.54) is 12.8 Å². The summed E-state index contributed by atoms with van der Waals surface area (Å²) in [5.74, 6) is 1.15. The van der Waals surface area contributed by atoms with Gasteiger partial charge in [-0.1, -0.05) is 52.7 Å². The predicted molar refractivity (Wildman–Crippen MR) is 120 cm³/mol. The molecule has 1 aromatic rings. The third-order valence-corrected chi connectivity index (χ3v) is 5.87. The van der Waals surface area contributed by atoms with Gasteiger partial charge in [-0.15, -0.1) is 0 Å². The van der Waals surface area contributed by atoms with Crippen molar-refractivity contribution in [2.75, 3.05) is 6.61 Å². The molecule has 1 aromatic carbocycles. The maximum atomic E-state index is 12.7. The second-order valence-corrected chi connectivity index (χ2v) is 9.30. The minimum Gasteiger partial charge on any atom is -0.493 e. The molecule has 1 fully saturated rings. The zero-order valence-electron chi connectivity index (χ0n) is 17.8. The average molecular weight is 405 g/mol. The van der Waals surface area contributed by atoms with E-state index in [1.807, 2.05) is 18.2 Å². The van der Waals surface area contributed by atoms with Crippen molar-refractivity contribution in [2.24, 2.45) is 11.3 Å². The number of rotatable bonds is 7. The first kappa shape index (κ1) is 22.7. The molecule has 0 atom stereocenters. The van der Waals surface area contributed by atoms with Crippen molar-refractivity contribution < 1.29 is 9.53 Å². The lowest BCUT2D eigenvalue weighted by Crippen LogP contribution is -2.46. The van der Waals surface area contributed by atoms with Crippen molar-refractivity contribution in [2.45, 2.75) is 78.7 Å². The third kappa shape index (κ3) is 7.08. The summed E-state index contributed by atoms with van der Waals surface area (Å²) in [7, 11) is 0. The molecule has 0 aromatic heterocycles. The van der Waals surface area contributed by atoms with E-state index in [9.17, 15) is 4.79 Å². The standard InChI is InChI=1S/C23H36N2O2S/c1-5-6-9-16-27-20-11-8-7-10-19(20)21(26)25-22(28)24-18-14-12-17(13-15-18)23(2,3)4/h7-8,10-11,17-18H,5-6,9,12-16H2,1-4H3,(H2,24,25,26,28). The van der Waals surface area contributed by atoms with Crippen LogP contribution in [0, 0.1) is 11.3 Å². The third-order valence-electron chi connectivity index (χ3n) is 5.65. The number of carbonyl (C=O) groups is 1. The van der Waals surface area contributed by atoms with Gasteiger partial charge in [0.2, 0.25) is 0 Å². The minimum atomic E-state index is -0.216. The van der Waals surface area contributed by atoms with E-state index in [2.05, 4.69) is 38.3 Å². The van der Waals surface area contributed by atoms with Crippen LogP contribution in [-0.4, -0.2) is 23.7 Å². The van der Waals surface area contributed by atoms with Gasteiger partial charge in [0.15, 0.2) is 5.11 Å². The average Bonchev–Trinajstić information content (AvgIpc) is 2.65. The SMILES string of the molecule is CCCCCOc1ccccc1C(=O)NC(=S)NC1CCC(C(C)(C)C)CC1. The Morgan fingerprint density at radius 1 is 1.14 bits per heavy atom. The van der Waals surface area contributed by atoms with Crippen LogP contribution >= 0.6 is 12.2 Å². The molecule has 0 aliphatic heterocycles. The van der Waals surface area contributed by atoms with E-state index < -0.39 is 0 Å². The van der Waals surface area contributed by atoms with Gasteiger partial charge < -0.3 is 10.1 Å². The molecule has 156 valence electrons. The second kappa shape index (κ2) is 10.8. The quantitative estimate of drug-likeness (QED) is 0.468. The Bertz CT molecular complexity index is 646. The summed E-state index contributed by atoms with van der Waals surface area (Å²) in [6.07, 6.45) is 7.84. The number of nitrogens with one attached hydrogen (secondary N) is 2. The molecular formula is C23H36N2O2S. The first-order chi connectivity index (χ1) is 13.3. The molecule has 1 amide bonds. The monoisotopic (exact) mass is 404 g/mol. The van der Waals surface area contributed by atoms with E-state index >= 15 is 0 Å². The maximum absolute atomic E-state index is 12.7. The lowest BCUT2D eigenvalue weighted by molar-refractivity contribution is 0.0972. The Kier molecular flexibility index (Phi) is 8.74. The van der Waals surface area contributed by atoms with E-state index in [0.29, 0.717) is 34.5 Å². The van der Waals surface area contributed by atoms with E-state index in [1.54, 1.807) is 6.07 Å². The topological polar surface area (TPSA) is 50.4 Å². The molecule has 4 nitrogen and oxygen atoms in total. The van der Waals surface area contributed by atoms with Crippen molar-refractivity contribution in [1.82, 2.24) is 10.6 Å². The highest BCUT2D eigenvalue weighted by Gasteiger charge is 2.30. The molecule has 0 unspecified atom stereocenters. The molecular weight excluding hydrogens is 368 g/mol.